The molecule has 0 bridgehead atoms. The summed E-state index contributed by atoms with van der Waals surface area (Å²) in [6.45, 7) is 5.16. The topological polar surface area (TPSA) is 102 Å². The highest BCUT2D eigenvalue weighted by Gasteiger charge is 2.36. The average molecular weight is 503 g/mol. The van der Waals surface area contributed by atoms with E-state index in [1.165, 1.54) is 7.11 Å². The molecule has 2 aromatic rings. The largest absolute Gasteiger partial charge is 0.467 e. The highest BCUT2D eigenvalue weighted by Crippen LogP contribution is 2.30. The van der Waals surface area contributed by atoms with E-state index in [1.807, 2.05) is 0 Å². The number of carbonyl (C=O) groups is 4. The van der Waals surface area contributed by atoms with Crippen LogP contribution in [0.15, 0.2) is 46.9 Å². The van der Waals surface area contributed by atoms with Crippen molar-refractivity contribution >= 4 is 45.5 Å². The van der Waals surface area contributed by atoms with Crippen LogP contribution in [0, 0.1) is 0 Å². The van der Waals surface area contributed by atoms with Gasteiger partial charge in [-0.1, -0.05) is 28.1 Å². The lowest BCUT2D eigenvalue weighted by atomic mass is 10.1. The molecule has 1 N–H and O–H groups in total. The number of benzene rings is 2. The molecule has 0 fully saturated rings. The summed E-state index contributed by atoms with van der Waals surface area (Å²) in [5.74, 6) is -1.42. The number of carbonyl (C=O) groups excluding carboxylic acids is 4. The number of nitrogens with zero attached hydrogens (tertiary/aromatic N) is 1. The van der Waals surface area contributed by atoms with Gasteiger partial charge < -0.3 is 14.8 Å². The number of halogens is 1. The molecular formula is C23H23BrN2O6. The normalized spacial score (nSPS) is 14.1. The van der Waals surface area contributed by atoms with Crippen molar-refractivity contribution in [2.24, 2.45) is 0 Å². The Bertz CT molecular complexity index is 1070. The van der Waals surface area contributed by atoms with Gasteiger partial charge in [0.25, 0.3) is 11.8 Å². The fourth-order valence-electron chi connectivity index (χ4n) is 3.25. The van der Waals surface area contributed by atoms with Gasteiger partial charge in [-0.3, -0.25) is 9.59 Å². The van der Waals surface area contributed by atoms with Crippen molar-refractivity contribution in [1.82, 2.24) is 5.32 Å². The molecule has 3 amide bonds. The summed E-state index contributed by atoms with van der Waals surface area (Å²) < 4.78 is 10.7. The lowest BCUT2D eigenvalue weighted by Crippen LogP contribution is -2.45. The van der Waals surface area contributed by atoms with Crippen LogP contribution in [0.1, 0.15) is 47.1 Å². The molecule has 0 aromatic heterocycles. The molecule has 168 valence electrons. The summed E-state index contributed by atoms with van der Waals surface area (Å²) in [5, 5.41) is 2.51. The Morgan fingerprint density at radius 3 is 2.25 bits per heavy atom. The second-order valence-electron chi connectivity index (χ2n) is 8.23. The zero-order chi connectivity index (χ0) is 23.6. The maximum Gasteiger partial charge on any atom is 0.408 e. The summed E-state index contributed by atoms with van der Waals surface area (Å²) in [7, 11) is 1.23. The van der Waals surface area contributed by atoms with Crippen LogP contribution in [0.2, 0.25) is 0 Å². The van der Waals surface area contributed by atoms with Crippen molar-refractivity contribution in [3.63, 3.8) is 0 Å². The molecule has 0 unspecified atom stereocenters. The first-order chi connectivity index (χ1) is 15.0. The second kappa shape index (κ2) is 9.12. The third-order valence-electron chi connectivity index (χ3n) is 4.66. The Hall–Kier alpha value is -3.20. The minimum atomic E-state index is -0.961. The van der Waals surface area contributed by atoms with E-state index in [-0.39, 0.29) is 6.42 Å². The highest BCUT2D eigenvalue weighted by molar-refractivity contribution is 9.10. The van der Waals surface area contributed by atoms with Crippen molar-refractivity contribution in [1.29, 1.82) is 0 Å². The van der Waals surface area contributed by atoms with Gasteiger partial charge in [-0.25, -0.2) is 14.5 Å². The van der Waals surface area contributed by atoms with Crippen molar-refractivity contribution in [2.45, 2.75) is 38.8 Å². The van der Waals surface area contributed by atoms with Gasteiger partial charge in [-0.15, -0.1) is 0 Å². The number of hydrogen-bond acceptors (Lipinski definition) is 6. The number of nitrogens with one attached hydrogen (secondary N) is 1. The highest BCUT2D eigenvalue weighted by atomic mass is 79.9. The quantitative estimate of drug-likeness (QED) is 0.491. The third kappa shape index (κ3) is 5.16. The molecule has 0 spiro atoms. The summed E-state index contributed by atoms with van der Waals surface area (Å²) >= 11 is 3.31. The number of anilines is 1. The van der Waals surface area contributed by atoms with Crippen LogP contribution in [0.3, 0.4) is 0 Å². The van der Waals surface area contributed by atoms with E-state index in [0.717, 1.165) is 4.90 Å². The third-order valence-corrected chi connectivity index (χ3v) is 5.15. The minimum Gasteiger partial charge on any atom is -0.467 e. The van der Waals surface area contributed by atoms with Crippen LogP contribution in [0.5, 0.6) is 0 Å². The number of hydrogen-bond donors (Lipinski definition) is 1. The summed E-state index contributed by atoms with van der Waals surface area (Å²) in [6.07, 6.45) is -0.594. The molecule has 1 atom stereocenters. The van der Waals surface area contributed by atoms with E-state index in [2.05, 4.69) is 21.2 Å². The molecule has 1 aliphatic heterocycles. The Kier molecular flexibility index (Phi) is 6.68. The Morgan fingerprint density at radius 2 is 1.66 bits per heavy atom. The number of amides is 3. The van der Waals surface area contributed by atoms with E-state index in [0.29, 0.717) is 26.9 Å². The molecule has 1 aliphatic rings. The summed E-state index contributed by atoms with van der Waals surface area (Å²) in [5.41, 5.74) is 1.06. The molecule has 3 rings (SSSR count). The van der Waals surface area contributed by atoms with E-state index in [1.54, 1.807) is 63.2 Å². The van der Waals surface area contributed by atoms with Crippen LogP contribution in [-0.2, 0) is 20.7 Å². The predicted octanol–water partition coefficient (Wildman–Crippen LogP) is 3.86. The molecule has 0 saturated heterocycles. The fourth-order valence-corrected chi connectivity index (χ4v) is 3.61. The second-order valence-corrected chi connectivity index (χ2v) is 9.14. The van der Waals surface area contributed by atoms with Crippen molar-refractivity contribution in [3.8, 4) is 0 Å². The SMILES string of the molecule is COC(=O)[C@H](Cc1ccc(N2C(=O)c3ccc(Br)cc3C2=O)cc1)NC(=O)OC(C)(C)C. The van der Waals surface area contributed by atoms with Gasteiger partial charge in [0.05, 0.1) is 23.9 Å². The fraction of sp³-hybridized carbons (Fsp3) is 0.304. The average Bonchev–Trinajstić information content (AvgIpc) is 2.96. The number of imide groups is 1. The Balaban J connectivity index is 1.76. The van der Waals surface area contributed by atoms with Crippen LogP contribution >= 0.6 is 15.9 Å². The van der Waals surface area contributed by atoms with Gasteiger partial charge in [0, 0.05) is 10.9 Å². The number of methoxy groups -OCH3 is 1. The van der Waals surface area contributed by atoms with E-state index in [4.69, 9.17) is 9.47 Å². The van der Waals surface area contributed by atoms with Crippen LogP contribution in [0.4, 0.5) is 10.5 Å². The maximum absolute atomic E-state index is 12.7. The molecule has 2 aromatic carbocycles. The maximum atomic E-state index is 12.7. The lowest BCUT2D eigenvalue weighted by molar-refractivity contribution is -0.143. The van der Waals surface area contributed by atoms with Crippen LogP contribution in [0.25, 0.3) is 0 Å². The Labute approximate surface area is 194 Å². The van der Waals surface area contributed by atoms with Gasteiger partial charge in [-0.05, 0) is 56.7 Å². The predicted molar refractivity (Wildman–Crippen MR) is 121 cm³/mol. The van der Waals surface area contributed by atoms with Crippen molar-refractivity contribution < 1.29 is 28.7 Å². The number of fused-ring (bicyclic) bond motifs is 1. The molecule has 9 heteroatoms. The number of rotatable bonds is 5. The van der Waals surface area contributed by atoms with E-state index in [9.17, 15) is 19.2 Å². The molecule has 32 heavy (non-hydrogen) atoms. The van der Waals surface area contributed by atoms with Gasteiger partial charge in [0.15, 0.2) is 0 Å². The van der Waals surface area contributed by atoms with Crippen LogP contribution < -0.4 is 10.2 Å². The molecule has 0 saturated carbocycles. The van der Waals surface area contributed by atoms with Gasteiger partial charge in [-0.2, -0.15) is 0 Å². The summed E-state index contributed by atoms with van der Waals surface area (Å²) in [4.78, 5) is 50.8. The zero-order valence-corrected chi connectivity index (χ0v) is 19.7. The van der Waals surface area contributed by atoms with Crippen molar-refractivity contribution in [2.75, 3.05) is 12.0 Å². The Morgan fingerprint density at radius 1 is 1.03 bits per heavy atom. The smallest absolute Gasteiger partial charge is 0.408 e. The standard InChI is InChI=1S/C23H23BrN2O6/c1-23(2,3)32-22(30)25-18(21(29)31-4)11-13-5-8-15(9-6-13)26-19(27)16-10-7-14(24)12-17(16)20(26)28/h5-10,12,18H,11H2,1-4H3,(H,25,30)/t18-/m0/s1. The molecular weight excluding hydrogens is 480 g/mol. The molecule has 1 heterocycles. The lowest BCUT2D eigenvalue weighted by Gasteiger charge is -2.22. The van der Waals surface area contributed by atoms with E-state index < -0.39 is 35.5 Å². The van der Waals surface area contributed by atoms with E-state index >= 15 is 0 Å². The minimum absolute atomic E-state index is 0.140. The first-order valence-electron chi connectivity index (χ1n) is 9.85. The van der Waals surface area contributed by atoms with Gasteiger partial charge >= 0.3 is 12.1 Å². The number of ether oxygens (including phenoxy) is 2. The van der Waals surface area contributed by atoms with Crippen LogP contribution in [-0.4, -0.2) is 42.6 Å². The monoisotopic (exact) mass is 502 g/mol. The number of alkyl carbamates (subject to hydrolysis) is 1. The van der Waals surface area contributed by atoms with Gasteiger partial charge in [0.1, 0.15) is 11.6 Å². The molecule has 8 nitrogen and oxygen atoms in total. The van der Waals surface area contributed by atoms with Gasteiger partial charge in [0.2, 0.25) is 0 Å². The summed E-state index contributed by atoms with van der Waals surface area (Å²) in [6, 6.07) is 10.6. The molecule has 0 radical (unpaired) electrons. The molecule has 0 aliphatic carbocycles. The first kappa shape index (κ1) is 23.5. The zero-order valence-electron chi connectivity index (χ0n) is 18.1. The van der Waals surface area contributed by atoms with Crippen molar-refractivity contribution in [3.05, 3.63) is 63.6 Å². The number of esters is 1. The first-order valence-corrected chi connectivity index (χ1v) is 10.6.